The maximum Gasteiger partial charge on any atom is 0.433 e. The third-order valence-corrected chi connectivity index (χ3v) is 3.90. The van der Waals surface area contributed by atoms with Crippen molar-refractivity contribution in [1.29, 1.82) is 0 Å². The first kappa shape index (κ1) is 21.4. The molecule has 1 aromatic carbocycles. The van der Waals surface area contributed by atoms with Crippen LogP contribution in [0.1, 0.15) is 50.1 Å². The summed E-state index contributed by atoms with van der Waals surface area (Å²) in [5.74, 6) is 0. The number of alkyl halides is 6. The number of para-hydroxylation sites is 1. The van der Waals surface area contributed by atoms with Crippen LogP contribution >= 0.6 is 0 Å². The van der Waals surface area contributed by atoms with E-state index in [0.29, 0.717) is 12.1 Å². The van der Waals surface area contributed by atoms with Crippen molar-refractivity contribution in [3.8, 4) is 0 Å². The second-order valence-electron chi connectivity index (χ2n) is 7.28. The highest BCUT2D eigenvalue weighted by Gasteiger charge is 2.37. The smallest absolute Gasteiger partial charge is 0.388 e. The van der Waals surface area contributed by atoms with Crippen LogP contribution in [0, 0.1) is 0 Å². The monoisotopic (exact) mass is 394 g/mol. The van der Waals surface area contributed by atoms with E-state index in [2.05, 4.69) is 10.3 Å². The Kier molecular flexibility index (Phi) is 5.77. The minimum absolute atomic E-state index is 0.0317. The number of benzene rings is 1. The van der Waals surface area contributed by atoms with Crippen LogP contribution in [0.2, 0.25) is 0 Å². The van der Waals surface area contributed by atoms with Gasteiger partial charge in [-0.05, 0) is 51.4 Å². The van der Waals surface area contributed by atoms with Crippen LogP contribution in [0.3, 0.4) is 0 Å². The average Bonchev–Trinajstić information content (AvgIpc) is 2.50. The molecule has 0 saturated carbocycles. The van der Waals surface area contributed by atoms with Crippen molar-refractivity contribution in [2.75, 3.05) is 6.54 Å². The number of aliphatic hydroxyl groups excluding tert-OH is 1. The van der Waals surface area contributed by atoms with Gasteiger partial charge in [-0.2, -0.15) is 26.3 Å². The third-order valence-electron chi connectivity index (χ3n) is 3.90. The van der Waals surface area contributed by atoms with E-state index in [9.17, 15) is 31.4 Å². The van der Waals surface area contributed by atoms with Gasteiger partial charge in [0.2, 0.25) is 0 Å². The fourth-order valence-corrected chi connectivity index (χ4v) is 2.66. The SMILES string of the molecule is CC(C)(C)NCC[C@H](O)c1cc(C(F)(F)F)nc2c(C(F)(F)F)cccc12. The van der Waals surface area contributed by atoms with E-state index >= 15 is 0 Å². The highest BCUT2D eigenvalue weighted by atomic mass is 19.4. The number of hydrogen-bond acceptors (Lipinski definition) is 3. The number of halogens is 6. The molecule has 0 aliphatic heterocycles. The van der Waals surface area contributed by atoms with Crippen LogP contribution in [-0.2, 0) is 12.4 Å². The normalized spacial score (nSPS) is 14.6. The van der Waals surface area contributed by atoms with Crippen molar-refractivity contribution in [3.05, 3.63) is 41.1 Å². The summed E-state index contributed by atoms with van der Waals surface area (Å²) in [5.41, 5.74) is -4.07. The lowest BCUT2D eigenvalue weighted by Gasteiger charge is -2.23. The molecule has 1 aromatic heterocycles. The predicted molar refractivity (Wildman–Crippen MR) is 89.1 cm³/mol. The van der Waals surface area contributed by atoms with Crippen molar-refractivity contribution >= 4 is 10.9 Å². The fourth-order valence-electron chi connectivity index (χ4n) is 2.66. The molecule has 1 heterocycles. The van der Waals surface area contributed by atoms with Crippen LogP contribution in [0.15, 0.2) is 24.3 Å². The molecule has 0 bridgehead atoms. The third kappa shape index (κ3) is 5.32. The fraction of sp³-hybridized carbons (Fsp3) is 0.500. The van der Waals surface area contributed by atoms with Crippen molar-refractivity contribution < 1.29 is 31.4 Å². The van der Waals surface area contributed by atoms with Crippen LogP contribution in [0.4, 0.5) is 26.3 Å². The zero-order chi connectivity index (χ0) is 20.6. The highest BCUT2D eigenvalue weighted by molar-refractivity contribution is 5.86. The Labute approximate surface area is 152 Å². The summed E-state index contributed by atoms with van der Waals surface area (Å²) in [6.45, 7) is 5.89. The molecule has 2 aromatic rings. The number of aliphatic hydroxyl groups is 1. The first-order valence-corrected chi connectivity index (χ1v) is 8.21. The molecule has 0 fully saturated rings. The Morgan fingerprint density at radius 3 is 2.19 bits per heavy atom. The zero-order valence-corrected chi connectivity index (χ0v) is 15.0. The molecule has 0 aliphatic rings. The lowest BCUT2D eigenvalue weighted by atomic mass is 9.97. The van der Waals surface area contributed by atoms with Crippen LogP contribution in [0.5, 0.6) is 0 Å². The van der Waals surface area contributed by atoms with Crippen molar-refractivity contribution in [1.82, 2.24) is 10.3 Å². The summed E-state index contributed by atoms with van der Waals surface area (Å²) >= 11 is 0. The Balaban J connectivity index is 2.57. The largest absolute Gasteiger partial charge is 0.433 e. The van der Waals surface area contributed by atoms with Gasteiger partial charge in [-0.1, -0.05) is 12.1 Å². The number of hydrogen-bond donors (Lipinski definition) is 2. The van der Waals surface area contributed by atoms with E-state index in [1.807, 2.05) is 20.8 Å². The molecule has 0 unspecified atom stereocenters. The number of rotatable bonds is 4. The van der Waals surface area contributed by atoms with E-state index in [4.69, 9.17) is 0 Å². The van der Waals surface area contributed by atoms with E-state index in [0.717, 1.165) is 6.07 Å². The van der Waals surface area contributed by atoms with E-state index in [1.165, 1.54) is 6.07 Å². The number of nitrogens with one attached hydrogen (secondary N) is 1. The van der Waals surface area contributed by atoms with Crippen molar-refractivity contribution in [2.24, 2.45) is 0 Å². The topological polar surface area (TPSA) is 45.1 Å². The lowest BCUT2D eigenvalue weighted by molar-refractivity contribution is -0.142. The van der Waals surface area contributed by atoms with Crippen LogP contribution in [-0.4, -0.2) is 22.2 Å². The molecule has 0 radical (unpaired) electrons. The molecule has 27 heavy (non-hydrogen) atoms. The maximum absolute atomic E-state index is 13.2. The summed E-state index contributed by atoms with van der Waals surface area (Å²) in [4.78, 5) is 3.20. The Bertz CT molecular complexity index is 808. The van der Waals surface area contributed by atoms with Crippen LogP contribution < -0.4 is 5.32 Å². The molecule has 9 heteroatoms. The van der Waals surface area contributed by atoms with E-state index < -0.39 is 35.2 Å². The molecule has 1 atom stereocenters. The van der Waals surface area contributed by atoms with Gasteiger partial charge >= 0.3 is 12.4 Å². The van der Waals surface area contributed by atoms with Gasteiger partial charge in [0.1, 0.15) is 5.69 Å². The average molecular weight is 394 g/mol. The van der Waals surface area contributed by atoms with Gasteiger partial charge in [0.15, 0.2) is 0 Å². The Morgan fingerprint density at radius 2 is 1.67 bits per heavy atom. The summed E-state index contributed by atoms with van der Waals surface area (Å²) in [7, 11) is 0. The second kappa shape index (κ2) is 7.27. The van der Waals surface area contributed by atoms with E-state index in [-0.39, 0.29) is 29.5 Å². The summed E-state index contributed by atoms with van der Waals surface area (Å²) in [6, 6.07) is 3.61. The molecule has 3 nitrogen and oxygen atoms in total. The first-order chi connectivity index (χ1) is 12.2. The van der Waals surface area contributed by atoms with Gasteiger partial charge in [-0.3, -0.25) is 0 Å². The van der Waals surface area contributed by atoms with Gasteiger partial charge < -0.3 is 10.4 Å². The van der Waals surface area contributed by atoms with Gasteiger partial charge in [0.25, 0.3) is 0 Å². The second-order valence-corrected chi connectivity index (χ2v) is 7.28. The predicted octanol–water partition coefficient (Wildman–Crippen LogP) is 5.08. The number of aromatic nitrogens is 1. The lowest BCUT2D eigenvalue weighted by Crippen LogP contribution is -2.36. The summed E-state index contributed by atoms with van der Waals surface area (Å²) < 4.78 is 79.1. The molecule has 0 amide bonds. The van der Waals surface area contributed by atoms with Crippen molar-refractivity contribution in [3.63, 3.8) is 0 Å². The van der Waals surface area contributed by atoms with Gasteiger partial charge in [-0.15, -0.1) is 0 Å². The molecule has 0 aliphatic carbocycles. The Hall–Kier alpha value is -1.87. The molecular formula is C18H20F6N2O. The van der Waals surface area contributed by atoms with Crippen molar-refractivity contribution in [2.45, 2.75) is 51.2 Å². The van der Waals surface area contributed by atoms with Gasteiger partial charge in [-0.25, -0.2) is 4.98 Å². The molecule has 0 spiro atoms. The minimum atomic E-state index is -4.94. The highest BCUT2D eigenvalue weighted by Crippen LogP contribution is 2.39. The molecule has 150 valence electrons. The molecule has 2 N–H and O–H groups in total. The van der Waals surface area contributed by atoms with Gasteiger partial charge in [0, 0.05) is 10.9 Å². The summed E-state index contributed by atoms with van der Waals surface area (Å²) in [6.07, 6.45) is -11.2. The zero-order valence-electron chi connectivity index (χ0n) is 15.0. The quantitative estimate of drug-likeness (QED) is 0.711. The van der Waals surface area contributed by atoms with Gasteiger partial charge in [0.05, 0.1) is 17.2 Å². The number of fused-ring (bicyclic) bond motifs is 1. The van der Waals surface area contributed by atoms with E-state index in [1.54, 1.807) is 0 Å². The molecule has 2 rings (SSSR count). The number of nitrogens with zero attached hydrogens (tertiary/aromatic N) is 1. The molecule has 0 saturated heterocycles. The molecular weight excluding hydrogens is 374 g/mol. The maximum atomic E-state index is 13.2. The Morgan fingerprint density at radius 1 is 1.04 bits per heavy atom. The first-order valence-electron chi connectivity index (χ1n) is 8.21. The minimum Gasteiger partial charge on any atom is -0.388 e. The standard InChI is InChI=1S/C18H20F6N2O/c1-16(2,3)25-8-7-13(27)11-9-14(18(22,23)24)26-15-10(11)5-4-6-12(15)17(19,20)21/h4-6,9,13,25,27H,7-8H2,1-3H3/t13-/m0/s1. The summed E-state index contributed by atoms with van der Waals surface area (Å²) in [5, 5.41) is 13.3. The van der Waals surface area contributed by atoms with Crippen LogP contribution in [0.25, 0.3) is 10.9 Å². The number of pyridine rings is 1.